The van der Waals surface area contributed by atoms with E-state index in [1.54, 1.807) is 0 Å². The highest BCUT2D eigenvalue weighted by atomic mass is 16.5. The maximum absolute atomic E-state index is 5.81. The van der Waals surface area contributed by atoms with Gasteiger partial charge in [0, 0.05) is 32.4 Å². The molecule has 6 heteroatoms. The number of aromatic nitrogens is 2. The molecule has 1 saturated heterocycles. The van der Waals surface area contributed by atoms with Gasteiger partial charge in [-0.1, -0.05) is 26.0 Å². The Bertz CT molecular complexity index is 988. The third kappa shape index (κ3) is 5.93. The summed E-state index contributed by atoms with van der Waals surface area (Å²) in [5.41, 5.74) is 3.13. The monoisotopic (exact) mass is 420 g/mol. The number of aliphatic imine (C=N–C) groups is 1. The van der Waals surface area contributed by atoms with Gasteiger partial charge in [-0.3, -0.25) is 4.90 Å². The average molecular weight is 421 g/mol. The van der Waals surface area contributed by atoms with E-state index in [-0.39, 0.29) is 0 Å². The molecule has 164 valence electrons. The summed E-state index contributed by atoms with van der Waals surface area (Å²) < 4.78 is 13.5. The SMILES string of the molecule is CC(C)CCOc1ccc(C=Nc2nc3ccccc3n2CCN2CCOCC2)cc1. The van der Waals surface area contributed by atoms with Crippen LogP contribution in [0.15, 0.2) is 53.5 Å². The molecule has 0 radical (unpaired) electrons. The van der Waals surface area contributed by atoms with Crippen molar-refractivity contribution in [1.29, 1.82) is 0 Å². The molecule has 1 aromatic heterocycles. The number of benzene rings is 2. The van der Waals surface area contributed by atoms with Crippen LogP contribution >= 0.6 is 0 Å². The van der Waals surface area contributed by atoms with Gasteiger partial charge in [0.05, 0.1) is 30.9 Å². The molecule has 3 aromatic rings. The third-order valence-corrected chi connectivity index (χ3v) is 5.55. The van der Waals surface area contributed by atoms with Crippen LogP contribution in [0.3, 0.4) is 0 Å². The smallest absolute Gasteiger partial charge is 0.230 e. The lowest BCUT2D eigenvalue weighted by atomic mass is 10.1. The first-order chi connectivity index (χ1) is 15.2. The van der Waals surface area contributed by atoms with Crippen LogP contribution in [-0.4, -0.2) is 60.1 Å². The number of rotatable bonds is 9. The van der Waals surface area contributed by atoms with Crippen molar-refractivity contribution >= 4 is 23.2 Å². The Morgan fingerprint density at radius 2 is 1.84 bits per heavy atom. The fraction of sp³-hybridized carbons (Fsp3) is 0.440. The molecule has 0 aliphatic carbocycles. The highest BCUT2D eigenvalue weighted by Crippen LogP contribution is 2.22. The van der Waals surface area contributed by atoms with Gasteiger partial charge in [-0.25, -0.2) is 9.98 Å². The van der Waals surface area contributed by atoms with Gasteiger partial charge in [-0.05, 0) is 54.3 Å². The quantitative estimate of drug-likeness (QED) is 0.477. The lowest BCUT2D eigenvalue weighted by Gasteiger charge is -2.26. The molecule has 31 heavy (non-hydrogen) atoms. The molecule has 0 amide bonds. The number of para-hydroxylation sites is 2. The van der Waals surface area contributed by atoms with Gasteiger partial charge in [-0.2, -0.15) is 0 Å². The van der Waals surface area contributed by atoms with Crippen LogP contribution in [0, 0.1) is 5.92 Å². The number of morpholine rings is 1. The molecule has 1 aliphatic heterocycles. The predicted molar refractivity (Wildman–Crippen MR) is 126 cm³/mol. The van der Waals surface area contributed by atoms with E-state index >= 15 is 0 Å². The van der Waals surface area contributed by atoms with Gasteiger partial charge in [0.1, 0.15) is 5.75 Å². The minimum atomic E-state index is 0.647. The average Bonchev–Trinajstić information content (AvgIpc) is 3.15. The fourth-order valence-electron chi connectivity index (χ4n) is 3.64. The topological polar surface area (TPSA) is 51.9 Å². The van der Waals surface area contributed by atoms with Crippen molar-refractivity contribution in [2.45, 2.75) is 26.8 Å². The van der Waals surface area contributed by atoms with Crippen molar-refractivity contribution in [3.05, 3.63) is 54.1 Å². The molecule has 2 aromatic carbocycles. The second-order valence-electron chi connectivity index (χ2n) is 8.36. The summed E-state index contributed by atoms with van der Waals surface area (Å²) >= 11 is 0. The van der Waals surface area contributed by atoms with Crippen LogP contribution in [-0.2, 0) is 11.3 Å². The standard InChI is InChI=1S/C25H32N4O2/c1-20(2)11-16-31-22-9-7-21(8-10-22)19-26-25-27-23-5-3-4-6-24(23)29(25)13-12-28-14-17-30-18-15-28/h3-10,19-20H,11-18H2,1-2H3. The summed E-state index contributed by atoms with van der Waals surface area (Å²) in [5.74, 6) is 2.29. The second kappa shape index (κ2) is 10.6. The second-order valence-corrected chi connectivity index (χ2v) is 8.36. The molecule has 0 atom stereocenters. The summed E-state index contributed by atoms with van der Waals surface area (Å²) in [6, 6.07) is 16.3. The molecule has 0 unspecified atom stereocenters. The van der Waals surface area contributed by atoms with E-state index in [4.69, 9.17) is 19.5 Å². The molecule has 1 aliphatic rings. The first kappa shape index (κ1) is 21.5. The van der Waals surface area contributed by atoms with E-state index in [1.165, 1.54) is 0 Å². The summed E-state index contributed by atoms with van der Waals surface area (Å²) in [4.78, 5) is 11.9. The molecule has 0 bridgehead atoms. The summed E-state index contributed by atoms with van der Waals surface area (Å²) in [6.45, 7) is 10.6. The molecule has 0 saturated carbocycles. The first-order valence-corrected chi connectivity index (χ1v) is 11.2. The third-order valence-electron chi connectivity index (χ3n) is 5.55. The minimum Gasteiger partial charge on any atom is -0.494 e. The van der Waals surface area contributed by atoms with Crippen LogP contribution in [0.25, 0.3) is 11.0 Å². The summed E-state index contributed by atoms with van der Waals surface area (Å²) in [5, 5.41) is 0. The fourth-order valence-corrected chi connectivity index (χ4v) is 3.64. The van der Waals surface area contributed by atoms with Crippen molar-refractivity contribution in [3.8, 4) is 5.75 Å². The molecular weight excluding hydrogens is 388 g/mol. The number of ether oxygens (including phenoxy) is 2. The van der Waals surface area contributed by atoms with Gasteiger partial charge < -0.3 is 14.0 Å². The zero-order chi connectivity index (χ0) is 21.5. The first-order valence-electron chi connectivity index (χ1n) is 11.2. The molecule has 4 rings (SSSR count). The van der Waals surface area contributed by atoms with E-state index in [0.29, 0.717) is 5.92 Å². The highest BCUT2D eigenvalue weighted by molar-refractivity contribution is 5.83. The molecule has 0 N–H and O–H groups in total. The van der Waals surface area contributed by atoms with E-state index in [0.717, 1.165) is 80.7 Å². The van der Waals surface area contributed by atoms with E-state index in [2.05, 4.69) is 35.4 Å². The van der Waals surface area contributed by atoms with Gasteiger partial charge in [0.2, 0.25) is 5.95 Å². The Hall–Kier alpha value is -2.70. The molecular formula is C25H32N4O2. The van der Waals surface area contributed by atoms with Gasteiger partial charge in [0.15, 0.2) is 0 Å². The predicted octanol–water partition coefficient (Wildman–Crippen LogP) is 4.54. The highest BCUT2D eigenvalue weighted by Gasteiger charge is 2.13. The number of fused-ring (bicyclic) bond motifs is 1. The van der Waals surface area contributed by atoms with Crippen LogP contribution in [0.2, 0.25) is 0 Å². The van der Waals surface area contributed by atoms with Gasteiger partial charge >= 0.3 is 0 Å². The zero-order valence-corrected chi connectivity index (χ0v) is 18.5. The van der Waals surface area contributed by atoms with Crippen molar-refractivity contribution < 1.29 is 9.47 Å². The zero-order valence-electron chi connectivity index (χ0n) is 18.5. The van der Waals surface area contributed by atoms with Crippen LogP contribution < -0.4 is 4.74 Å². The van der Waals surface area contributed by atoms with E-state index in [9.17, 15) is 0 Å². The Morgan fingerprint density at radius 3 is 2.61 bits per heavy atom. The molecule has 2 heterocycles. The Morgan fingerprint density at radius 1 is 1.06 bits per heavy atom. The number of nitrogens with zero attached hydrogens (tertiary/aromatic N) is 4. The molecule has 0 spiro atoms. The van der Waals surface area contributed by atoms with E-state index < -0.39 is 0 Å². The molecule has 1 fully saturated rings. The maximum atomic E-state index is 5.81. The van der Waals surface area contributed by atoms with Crippen LogP contribution in [0.4, 0.5) is 5.95 Å². The number of hydrogen-bond donors (Lipinski definition) is 0. The normalized spacial score (nSPS) is 15.3. The van der Waals surface area contributed by atoms with Gasteiger partial charge in [-0.15, -0.1) is 0 Å². The van der Waals surface area contributed by atoms with Crippen molar-refractivity contribution in [1.82, 2.24) is 14.5 Å². The minimum absolute atomic E-state index is 0.647. The summed E-state index contributed by atoms with van der Waals surface area (Å²) in [7, 11) is 0. The molecule has 6 nitrogen and oxygen atoms in total. The van der Waals surface area contributed by atoms with E-state index in [1.807, 2.05) is 42.6 Å². The van der Waals surface area contributed by atoms with Crippen LogP contribution in [0.1, 0.15) is 25.8 Å². The van der Waals surface area contributed by atoms with Crippen molar-refractivity contribution in [2.24, 2.45) is 10.9 Å². The maximum Gasteiger partial charge on any atom is 0.230 e. The van der Waals surface area contributed by atoms with Crippen molar-refractivity contribution in [3.63, 3.8) is 0 Å². The number of imidazole rings is 1. The Labute approximate surface area is 184 Å². The lowest BCUT2D eigenvalue weighted by Crippen LogP contribution is -2.38. The lowest BCUT2D eigenvalue weighted by molar-refractivity contribution is 0.0366. The van der Waals surface area contributed by atoms with Gasteiger partial charge in [0.25, 0.3) is 0 Å². The van der Waals surface area contributed by atoms with Crippen molar-refractivity contribution in [2.75, 3.05) is 39.5 Å². The largest absolute Gasteiger partial charge is 0.494 e. The van der Waals surface area contributed by atoms with Crippen LogP contribution in [0.5, 0.6) is 5.75 Å². The summed E-state index contributed by atoms with van der Waals surface area (Å²) in [6.07, 6.45) is 2.94. The Balaban J connectivity index is 1.46. The Kier molecular flexibility index (Phi) is 7.33. The number of hydrogen-bond acceptors (Lipinski definition) is 5.